The maximum atomic E-state index is 12.9. The fourth-order valence-electron chi connectivity index (χ4n) is 3.70. The second kappa shape index (κ2) is 8.46. The molecular weight excluding hydrogens is 350 g/mol. The lowest BCUT2D eigenvalue weighted by atomic mass is 9.81. The summed E-state index contributed by atoms with van der Waals surface area (Å²) in [6, 6.07) is 15.6. The van der Waals surface area contributed by atoms with Gasteiger partial charge in [-0.3, -0.25) is 4.79 Å². The third-order valence-electron chi connectivity index (χ3n) is 5.62. The monoisotopic (exact) mass is 379 g/mol. The topological polar surface area (TPSA) is 61.4 Å². The summed E-state index contributed by atoms with van der Waals surface area (Å²) in [5.41, 5.74) is 3.53. The van der Waals surface area contributed by atoms with Crippen LogP contribution in [0.5, 0.6) is 0 Å². The maximum absolute atomic E-state index is 12.9. The summed E-state index contributed by atoms with van der Waals surface area (Å²) in [5, 5.41) is 6.05. The lowest BCUT2D eigenvalue weighted by Crippen LogP contribution is -2.52. The van der Waals surface area contributed by atoms with Crippen LogP contribution >= 0.6 is 0 Å². The number of para-hydroxylation sites is 1. The number of carbonyl (C=O) groups excluding carboxylic acids is 2. The number of anilines is 1. The van der Waals surface area contributed by atoms with E-state index in [1.807, 2.05) is 69.3 Å². The molecule has 1 fully saturated rings. The zero-order valence-corrected chi connectivity index (χ0v) is 16.9. The number of rotatable bonds is 4. The largest absolute Gasteiger partial charge is 0.351 e. The minimum Gasteiger partial charge on any atom is -0.351 e. The molecule has 1 aliphatic rings. The Kier molecular flexibility index (Phi) is 6.02. The molecule has 1 unspecified atom stereocenters. The van der Waals surface area contributed by atoms with Gasteiger partial charge in [-0.2, -0.15) is 0 Å². The molecule has 3 amide bonds. The molecule has 0 spiro atoms. The smallest absolute Gasteiger partial charge is 0.321 e. The number of carbonyl (C=O) groups is 2. The Morgan fingerprint density at radius 3 is 2.43 bits per heavy atom. The molecule has 0 aromatic heterocycles. The first kappa shape index (κ1) is 19.9. The number of nitrogens with one attached hydrogen (secondary N) is 2. The molecular formula is C23H29N3O2. The van der Waals surface area contributed by atoms with Crippen molar-refractivity contribution in [3.8, 4) is 0 Å². The first-order valence-electron chi connectivity index (χ1n) is 9.83. The Hall–Kier alpha value is -2.82. The number of aryl methyl sites for hydroxylation is 2. The summed E-state index contributed by atoms with van der Waals surface area (Å²) in [6.45, 7) is 7.56. The van der Waals surface area contributed by atoms with E-state index in [9.17, 15) is 9.59 Å². The van der Waals surface area contributed by atoms with Crippen molar-refractivity contribution >= 4 is 17.6 Å². The van der Waals surface area contributed by atoms with Gasteiger partial charge in [0.2, 0.25) is 5.91 Å². The zero-order valence-electron chi connectivity index (χ0n) is 16.9. The Bertz CT molecular complexity index is 864. The zero-order chi connectivity index (χ0) is 20.1. The summed E-state index contributed by atoms with van der Waals surface area (Å²) >= 11 is 0. The van der Waals surface area contributed by atoms with Gasteiger partial charge >= 0.3 is 6.03 Å². The van der Waals surface area contributed by atoms with Gasteiger partial charge in [-0.05, 0) is 56.4 Å². The van der Waals surface area contributed by atoms with Gasteiger partial charge in [-0.15, -0.1) is 0 Å². The highest BCUT2D eigenvalue weighted by molar-refractivity contribution is 5.91. The summed E-state index contributed by atoms with van der Waals surface area (Å²) < 4.78 is 0. The Labute approximate surface area is 167 Å². The first-order chi connectivity index (χ1) is 13.4. The van der Waals surface area contributed by atoms with Crippen molar-refractivity contribution < 1.29 is 9.59 Å². The van der Waals surface area contributed by atoms with E-state index in [1.54, 1.807) is 4.90 Å². The second-order valence-electron chi connectivity index (χ2n) is 7.94. The van der Waals surface area contributed by atoms with Gasteiger partial charge in [-0.1, -0.05) is 42.5 Å². The fourth-order valence-corrected chi connectivity index (χ4v) is 3.70. The molecule has 0 radical (unpaired) electrons. The van der Waals surface area contributed by atoms with Crippen LogP contribution in [0.1, 0.15) is 36.5 Å². The van der Waals surface area contributed by atoms with Crippen LogP contribution in [0, 0.1) is 19.3 Å². The molecule has 1 saturated heterocycles. The van der Waals surface area contributed by atoms with E-state index < -0.39 is 5.41 Å². The van der Waals surface area contributed by atoms with E-state index in [2.05, 4.69) is 10.6 Å². The Balaban J connectivity index is 1.62. The summed E-state index contributed by atoms with van der Waals surface area (Å²) in [7, 11) is 0. The van der Waals surface area contributed by atoms with E-state index in [0.717, 1.165) is 35.2 Å². The van der Waals surface area contributed by atoms with Crippen molar-refractivity contribution in [2.24, 2.45) is 5.41 Å². The normalized spacial score (nSPS) is 19.2. The van der Waals surface area contributed by atoms with E-state index in [0.29, 0.717) is 19.6 Å². The molecule has 2 aromatic rings. The van der Waals surface area contributed by atoms with Crippen LogP contribution < -0.4 is 10.6 Å². The van der Waals surface area contributed by atoms with Crippen molar-refractivity contribution in [2.75, 3.05) is 18.4 Å². The van der Waals surface area contributed by atoms with Crippen molar-refractivity contribution in [1.29, 1.82) is 0 Å². The molecule has 1 heterocycles. The first-order valence-corrected chi connectivity index (χ1v) is 9.83. The van der Waals surface area contributed by atoms with Gasteiger partial charge in [0.05, 0.1) is 5.41 Å². The summed E-state index contributed by atoms with van der Waals surface area (Å²) in [6.07, 6.45) is 1.59. The van der Waals surface area contributed by atoms with Gasteiger partial charge in [0.15, 0.2) is 0 Å². The van der Waals surface area contributed by atoms with Gasteiger partial charge in [0, 0.05) is 25.3 Å². The molecule has 5 heteroatoms. The SMILES string of the molecule is Cc1ccccc1CNC(=O)C1(C)CCCN(C(=O)Nc2ccccc2C)C1. The van der Waals surface area contributed by atoms with Crippen LogP contribution in [-0.2, 0) is 11.3 Å². The number of piperidine rings is 1. The van der Waals surface area contributed by atoms with Gasteiger partial charge in [0.1, 0.15) is 0 Å². The minimum absolute atomic E-state index is 0.00384. The molecule has 148 valence electrons. The molecule has 2 aromatic carbocycles. The second-order valence-corrected chi connectivity index (χ2v) is 7.94. The van der Waals surface area contributed by atoms with Gasteiger partial charge in [-0.25, -0.2) is 4.79 Å². The number of benzene rings is 2. The summed E-state index contributed by atoms with van der Waals surface area (Å²) in [5.74, 6) is 0.00384. The van der Waals surface area contributed by atoms with Crippen LogP contribution in [0.3, 0.4) is 0 Å². The average Bonchev–Trinajstić information content (AvgIpc) is 2.69. The third-order valence-corrected chi connectivity index (χ3v) is 5.62. The number of hydrogen-bond acceptors (Lipinski definition) is 2. The highest BCUT2D eigenvalue weighted by Crippen LogP contribution is 2.30. The van der Waals surface area contributed by atoms with Crippen LogP contribution in [0.25, 0.3) is 0 Å². The number of amides is 3. The maximum Gasteiger partial charge on any atom is 0.321 e. The highest BCUT2D eigenvalue weighted by atomic mass is 16.2. The number of likely N-dealkylation sites (tertiary alicyclic amines) is 1. The Morgan fingerprint density at radius 2 is 1.71 bits per heavy atom. The van der Waals surface area contributed by atoms with Crippen LogP contribution in [0.4, 0.5) is 10.5 Å². The van der Waals surface area contributed by atoms with Crippen molar-refractivity contribution in [1.82, 2.24) is 10.2 Å². The number of hydrogen-bond donors (Lipinski definition) is 2. The van der Waals surface area contributed by atoms with Gasteiger partial charge < -0.3 is 15.5 Å². The number of urea groups is 1. The lowest BCUT2D eigenvalue weighted by molar-refractivity contribution is -0.132. The number of nitrogens with zero attached hydrogens (tertiary/aromatic N) is 1. The predicted octanol–water partition coefficient (Wildman–Crippen LogP) is 4.25. The van der Waals surface area contributed by atoms with E-state index in [-0.39, 0.29) is 11.9 Å². The van der Waals surface area contributed by atoms with Gasteiger partial charge in [0.25, 0.3) is 0 Å². The Morgan fingerprint density at radius 1 is 1.04 bits per heavy atom. The fraction of sp³-hybridized carbons (Fsp3) is 0.391. The molecule has 0 saturated carbocycles. The molecule has 2 N–H and O–H groups in total. The molecule has 0 bridgehead atoms. The molecule has 1 atom stereocenters. The standard InChI is InChI=1S/C23H29N3O2/c1-17-9-4-6-11-19(17)15-24-21(27)23(3)13-8-14-26(16-23)22(28)25-20-12-7-5-10-18(20)2/h4-7,9-12H,8,13-16H2,1-3H3,(H,24,27)(H,25,28). The molecule has 28 heavy (non-hydrogen) atoms. The highest BCUT2D eigenvalue weighted by Gasteiger charge is 2.39. The van der Waals surface area contributed by atoms with Crippen LogP contribution in [0.2, 0.25) is 0 Å². The average molecular weight is 380 g/mol. The van der Waals surface area contributed by atoms with E-state index >= 15 is 0 Å². The summed E-state index contributed by atoms with van der Waals surface area (Å²) in [4.78, 5) is 27.4. The minimum atomic E-state index is -0.579. The van der Waals surface area contributed by atoms with E-state index in [1.165, 1.54) is 0 Å². The molecule has 0 aliphatic carbocycles. The van der Waals surface area contributed by atoms with Crippen molar-refractivity contribution in [2.45, 2.75) is 40.2 Å². The molecule has 3 rings (SSSR count). The lowest BCUT2D eigenvalue weighted by Gasteiger charge is -2.39. The van der Waals surface area contributed by atoms with E-state index in [4.69, 9.17) is 0 Å². The van der Waals surface area contributed by atoms with Crippen LogP contribution in [-0.4, -0.2) is 29.9 Å². The van der Waals surface area contributed by atoms with Crippen molar-refractivity contribution in [3.05, 3.63) is 65.2 Å². The predicted molar refractivity (Wildman–Crippen MR) is 112 cm³/mol. The third kappa shape index (κ3) is 4.53. The quantitative estimate of drug-likeness (QED) is 0.834. The van der Waals surface area contributed by atoms with Crippen LogP contribution in [0.15, 0.2) is 48.5 Å². The molecule has 5 nitrogen and oxygen atoms in total. The molecule has 1 aliphatic heterocycles. The van der Waals surface area contributed by atoms with Crippen molar-refractivity contribution in [3.63, 3.8) is 0 Å².